The molecule has 1 aromatic rings. The van der Waals surface area contributed by atoms with Crippen molar-refractivity contribution in [2.75, 3.05) is 6.54 Å². The van der Waals surface area contributed by atoms with Crippen LogP contribution in [0.3, 0.4) is 0 Å². The van der Waals surface area contributed by atoms with Crippen molar-refractivity contribution in [3.05, 3.63) is 35.9 Å². The Balaban J connectivity index is 0.00000196. The first kappa shape index (κ1) is 14.0. The maximum Gasteiger partial charge on any atom is 0.0584 e. The summed E-state index contributed by atoms with van der Waals surface area (Å²) in [7, 11) is 0. The number of hydrogen-bond acceptors (Lipinski definition) is 1. The van der Waals surface area contributed by atoms with Gasteiger partial charge >= 0.3 is 0 Å². The molecule has 0 saturated carbocycles. The van der Waals surface area contributed by atoms with Crippen molar-refractivity contribution in [2.45, 2.75) is 26.3 Å². The maximum atomic E-state index is 3.32. The summed E-state index contributed by atoms with van der Waals surface area (Å²) in [6.45, 7) is 7.14. The topological polar surface area (TPSA) is 12.0 Å². The van der Waals surface area contributed by atoms with Gasteiger partial charge in [-0.3, -0.25) is 0 Å². The van der Waals surface area contributed by atoms with Crippen LogP contribution in [0, 0.1) is 11.8 Å². The first-order valence-electron chi connectivity index (χ1n) is 4.87. The van der Waals surface area contributed by atoms with E-state index < -0.39 is 0 Å². The zero-order chi connectivity index (χ0) is 10.4. The maximum absolute atomic E-state index is 3.32. The lowest BCUT2D eigenvalue weighted by atomic mass is 10.1. The van der Waals surface area contributed by atoms with Crippen molar-refractivity contribution in [3.63, 3.8) is 0 Å². The molecule has 15 heavy (non-hydrogen) atoms. The largest absolute Gasteiger partial charge is 0.301 e. The van der Waals surface area contributed by atoms with Gasteiger partial charge in [0, 0.05) is 11.1 Å². The number of hydrogen-bond donors (Lipinski definition) is 1. The van der Waals surface area contributed by atoms with Gasteiger partial charge in [0.25, 0.3) is 0 Å². The Morgan fingerprint density at radius 2 is 1.73 bits per heavy atom. The Bertz CT molecular complexity index is 327. The average molecular weight is 224 g/mol. The zero-order valence-electron chi connectivity index (χ0n) is 9.50. The molecule has 0 aliphatic heterocycles. The molecule has 0 aromatic heterocycles. The minimum absolute atomic E-state index is 0. The highest BCUT2D eigenvalue weighted by atomic mass is 35.5. The minimum Gasteiger partial charge on any atom is -0.301 e. The van der Waals surface area contributed by atoms with Crippen molar-refractivity contribution in [3.8, 4) is 11.8 Å². The molecular weight excluding hydrogens is 206 g/mol. The van der Waals surface area contributed by atoms with Crippen molar-refractivity contribution >= 4 is 12.4 Å². The normalized spacial score (nSPS) is 9.80. The predicted molar refractivity (Wildman–Crippen MR) is 68.3 cm³/mol. The van der Waals surface area contributed by atoms with Gasteiger partial charge in [-0.05, 0) is 32.9 Å². The molecule has 1 rings (SSSR count). The van der Waals surface area contributed by atoms with Gasteiger partial charge in [0.2, 0.25) is 0 Å². The molecule has 0 saturated heterocycles. The minimum atomic E-state index is 0. The molecule has 0 unspecified atom stereocenters. The van der Waals surface area contributed by atoms with Gasteiger partial charge in [0.15, 0.2) is 0 Å². The average Bonchev–Trinajstić information content (AvgIpc) is 2.13. The molecule has 0 spiro atoms. The second-order valence-electron chi connectivity index (χ2n) is 4.27. The molecule has 0 aliphatic rings. The molecule has 1 N–H and O–H groups in total. The van der Waals surface area contributed by atoms with Gasteiger partial charge in [-0.25, -0.2) is 0 Å². The third kappa shape index (κ3) is 7.02. The Kier molecular flexibility index (Phi) is 6.08. The van der Waals surface area contributed by atoms with E-state index in [1.807, 2.05) is 30.3 Å². The van der Waals surface area contributed by atoms with Crippen LogP contribution in [0.4, 0.5) is 0 Å². The monoisotopic (exact) mass is 223 g/mol. The smallest absolute Gasteiger partial charge is 0.0584 e. The fourth-order valence-corrected chi connectivity index (χ4v) is 0.977. The van der Waals surface area contributed by atoms with E-state index in [2.05, 4.69) is 37.9 Å². The quantitative estimate of drug-likeness (QED) is 0.722. The summed E-state index contributed by atoms with van der Waals surface area (Å²) in [5.41, 5.74) is 1.22. The van der Waals surface area contributed by atoms with E-state index in [0.717, 1.165) is 12.1 Å². The summed E-state index contributed by atoms with van der Waals surface area (Å²) in [5.74, 6) is 6.20. The Labute approximate surface area is 98.7 Å². The van der Waals surface area contributed by atoms with Gasteiger partial charge in [-0.1, -0.05) is 30.0 Å². The second-order valence-corrected chi connectivity index (χ2v) is 4.27. The summed E-state index contributed by atoms with van der Waals surface area (Å²) in [6.07, 6.45) is 0. The molecular formula is C13H18ClN. The van der Waals surface area contributed by atoms with Crippen LogP contribution < -0.4 is 5.32 Å². The molecule has 0 bridgehead atoms. The second kappa shape index (κ2) is 6.50. The lowest BCUT2D eigenvalue weighted by Crippen LogP contribution is -2.35. The molecule has 82 valence electrons. The molecule has 0 atom stereocenters. The Morgan fingerprint density at radius 3 is 2.27 bits per heavy atom. The summed E-state index contributed by atoms with van der Waals surface area (Å²) in [6, 6.07) is 10.0. The Hall–Kier alpha value is -0.970. The summed E-state index contributed by atoms with van der Waals surface area (Å²) in [4.78, 5) is 0. The van der Waals surface area contributed by atoms with Crippen molar-refractivity contribution < 1.29 is 0 Å². The molecule has 1 aromatic carbocycles. The molecule has 0 radical (unpaired) electrons. The van der Waals surface area contributed by atoms with Gasteiger partial charge in [0.05, 0.1) is 6.54 Å². The van der Waals surface area contributed by atoms with Gasteiger partial charge in [0.1, 0.15) is 0 Å². The van der Waals surface area contributed by atoms with E-state index in [9.17, 15) is 0 Å². The highest BCUT2D eigenvalue weighted by Gasteiger charge is 2.05. The third-order valence-corrected chi connectivity index (χ3v) is 1.71. The standard InChI is InChI=1S/C13H17N.ClH/c1-13(2,3)14-11-7-10-12-8-5-4-6-9-12;/h4-6,8-9,14H,11H2,1-3H3;1H. The van der Waals surface area contributed by atoms with Crippen LogP contribution in [0.25, 0.3) is 0 Å². The summed E-state index contributed by atoms with van der Waals surface area (Å²) >= 11 is 0. The van der Waals surface area contributed by atoms with Crippen LogP contribution in [0.2, 0.25) is 0 Å². The summed E-state index contributed by atoms with van der Waals surface area (Å²) < 4.78 is 0. The first-order chi connectivity index (χ1) is 6.58. The molecule has 0 amide bonds. The fourth-order valence-electron chi connectivity index (χ4n) is 0.977. The van der Waals surface area contributed by atoms with Crippen LogP contribution in [0.15, 0.2) is 30.3 Å². The van der Waals surface area contributed by atoms with E-state index in [-0.39, 0.29) is 17.9 Å². The number of benzene rings is 1. The van der Waals surface area contributed by atoms with Crippen molar-refractivity contribution in [1.82, 2.24) is 5.32 Å². The predicted octanol–water partition coefficient (Wildman–Crippen LogP) is 2.85. The molecule has 0 aliphatic carbocycles. The van der Waals surface area contributed by atoms with Crippen LogP contribution in [-0.2, 0) is 0 Å². The SMILES string of the molecule is CC(C)(C)NCC#Cc1ccccc1.Cl. The van der Waals surface area contributed by atoms with Crippen molar-refractivity contribution in [2.24, 2.45) is 0 Å². The summed E-state index contributed by atoms with van der Waals surface area (Å²) in [5, 5.41) is 3.32. The Morgan fingerprint density at radius 1 is 1.13 bits per heavy atom. The van der Waals surface area contributed by atoms with Crippen LogP contribution in [0.5, 0.6) is 0 Å². The molecule has 1 nitrogen and oxygen atoms in total. The van der Waals surface area contributed by atoms with E-state index in [4.69, 9.17) is 0 Å². The van der Waals surface area contributed by atoms with Crippen LogP contribution >= 0.6 is 12.4 Å². The first-order valence-corrected chi connectivity index (χ1v) is 4.87. The van der Waals surface area contributed by atoms with Gasteiger partial charge in [-0.2, -0.15) is 0 Å². The highest BCUT2D eigenvalue weighted by molar-refractivity contribution is 5.85. The van der Waals surface area contributed by atoms with E-state index in [1.165, 1.54) is 0 Å². The van der Waals surface area contributed by atoms with E-state index >= 15 is 0 Å². The van der Waals surface area contributed by atoms with E-state index in [0.29, 0.717) is 0 Å². The van der Waals surface area contributed by atoms with Crippen molar-refractivity contribution in [1.29, 1.82) is 0 Å². The third-order valence-electron chi connectivity index (χ3n) is 1.71. The lowest BCUT2D eigenvalue weighted by Gasteiger charge is -2.18. The molecule has 2 heteroatoms. The van der Waals surface area contributed by atoms with Gasteiger partial charge in [-0.15, -0.1) is 12.4 Å². The number of halogens is 1. The molecule has 0 heterocycles. The van der Waals surface area contributed by atoms with Gasteiger partial charge < -0.3 is 5.32 Å². The number of rotatable bonds is 1. The zero-order valence-corrected chi connectivity index (χ0v) is 10.3. The molecule has 0 fully saturated rings. The fraction of sp³-hybridized carbons (Fsp3) is 0.385. The van der Waals surface area contributed by atoms with Crippen LogP contribution in [-0.4, -0.2) is 12.1 Å². The number of nitrogens with one attached hydrogen (secondary N) is 1. The highest BCUT2D eigenvalue weighted by Crippen LogP contribution is 1.97. The van der Waals surface area contributed by atoms with Crippen LogP contribution in [0.1, 0.15) is 26.3 Å². The lowest BCUT2D eigenvalue weighted by molar-refractivity contribution is 0.452. The van der Waals surface area contributed by atoms with E-state index in [1.54, 1.807) is 0 Å².